The van der Waals surface area contributed by atoms with Gasteiger partial charge < -0.3 is 5.32 Å². The van der Waals surface area contributed by atoms with Crippen LogP contribution in [0.5, 0.6) is 0 Å². The highest BCUT2D eigenvalue weighted by Gasteiger charge is 2.06. The molecule has 0 aliphatic heterocycles. The Hall–Kier alpha value is -0.380. The van der Waals surface area contributed by atoms with Gasteiger partial charge in [-0.2, -0.15) is 0 Å². The van der Waals surface area contributed by atoms with E-state index in [1.165, 1.54) is 22.7 Å². The van der Waals surface area contributed by atoms with Gasteiger partial charge in [0.1, 0.15) is 0 Å². The van der Waals surface area contributed by atoms with Gasteiger partial charge in [0.15, 0.2) is 0 Å². The maximum absolute atomic E-state index is 3.22. The maximum atomic E-state index is 3.22. The first-order valence-electron chi connectivity index (χ1n) is 6.24. The molecule has 0 aliphatic carbocycles. The Morgan fingerprint density at radius 2 is 1.94 bits per heavy atom. The lowest BCUT2D eigenvalue weighted by atomic mass is 10.3. The predicted octanol–water partition coefficient (Wildman–Crippen LogP) is 2.74. The largest absolute Gasteiger partial charge is 0.318 e. The van der Waals surface area contributed by atoms with Crippen LogP contribution < -0.4 is 5.32 Å². The van der Waals surface area contributed by atoms with E-state index in [1.54, 1.807) is 0 Å². The Morgan fingerprint density at radius 3 is 2.50 bits per heavy atom. The number of hydrogen-bond donors (Lipinski definition) is 1. The fraction of sp³-hybridized carbons (Fsp3) is 0.692. The van der Waals surface area contributed by atoms with Gasteiger partial charge in [0.25, 0.3) is 0 Å². The molecular formula is C13H24N2S. The van der Waals surface area contributed by atoms with Crippen LogP contribution in [0.1, 0.15) is 30.0 Å². The fourth-order valence-corrected chi connectivity index (χ4v) is 2.77. The third-order valence-corrected chi connectivity index (χ3v) is 3.88. The van der Waals surface area contributed by atoms with Crippen molar-refractivity contribution < 1.29 is 0 Å². The lowest BCUT2D eigenvalue weighted by Crippen LogP contribution is -2.30. The topological polar surface area (TPSA) is 15.3 Å². The summed E-state index contributed by atoms with van der Waals surface area (Å²) in [5.41, 5.74) is 0. The Labute approximate surface area is 104 Å². The van der Waals surface area contributed by atoms with E-state index in [4.69, 9.17) is 0 Å². The Balaban J connectivity index is 2.46. The van der Waals surface area contributed by atoms with Crippen LogP contribution in [0.15, 0.2) is 12.1 Å². The van der Waals surface area contributed by atoms with Crippen LogP contribution in [0.4, 0.5) is 0 Å². The second-order valence-electron chi connectivity index (χ2n) is 4.10. The summed E-state index contributed by atoms with van der Waals surface area (Å²) >= 11 is 1.96. The number of nitrogens with zero attached hydrogens (tertiary/aromatic N) is 1. The molecule has 0 spiro atoms. The highest BCUT2D eigenvalue weighted by molar-refractivity contribution is 7.11. The van der Waals surface area contributed by atoms with Gasteiger partial charge in [-0.15, -0.1) is 11.3 Å². The minimum absolute atomic E-state index is 1.08. The van der Waals surface area contributed by atoms with Gasteiger partial charge in [-0.3, -0.25) is 4.90 Å². The Kier molecular flexibility index (Phi) is 6.69. The zero-order valence-corrected chi connectivity index (χ0v) is 11.6. The molecule has 1 aromatic heterocycles. The number of likely N-dealkylation sites (N-methyl/N-ethyl adjacent to an activating group) is 1. The van der Waals surface area contributed by atoms with Gasteiger partial charge in [-0.1, -0.05) is 13.8 Å². The molecule has 0 atom stereocenters. The number of nitrogens with one attached hydrogen (secondary N) is 1. The molecule has 0 saturated carbocycles. The molecule has 2 nitrogen and oxygen atoms in total. The summed E-state index contributed by atoms with van der Waals surface area (Å²) in [6.07, 6.45) is 2.39. The lowest BCUT2D eigenvalue weighted by Gasteiger charge is -2.20. The van der Waals surface area contributed by atoms with E-state index in [0.29, 0.717) is 0 Å². The SMILES string of the molecule is CCCN(CCNC)Cc1ccc(CC)s1. The van der Waals surface area contributed by atoms with Crippen molar-refractivity contribution >= 4 is 11.3 Å². The van der Waals surface area contributed by atoms with E-state index in [-0.39, 0.29) is 0 Å². The van der Waals surface area contributed by atoms with Crippen molar-refractivity contribution in [2.45, 2.75) is 33.2 Å². The van der Waals surface area contributed by atoms with Crippen LogP contribution in [0, 0.1) is 0 Å². The van der Waals surface area contributed by atoms with Crippen molar-refractivity contribution in [3.63, 3.8) is 0 Å². The highest BCUT2D eigenvalue weighted by atomic mass is 32.1. The van der Waals surface area contributed by atoms with Crippen molar-refractivity contribution in [2.75, 3.05) is 26.7 Å². The zero-order valence-electron chi connectivity index (χ0n) is 10.8. The van der Waals surface area contributed by atoms with Crippen molar-refractivity contribution in [2.24, 2.45) is 0 Å². The highest BCUT2D eigenvalue weighted by Crippen LogP contribution is 2.18. The van der Waals surface area contributed by atoms with Crippen LogP contribution in [-0.2, 0) is 13.0 Å². The standard InChI is InChI=1S/C13H24N2S/c1-4-9-15(10-8-14-3)11-13-7-6-12(5-2)16-13/h6-7,14H,4-5,8-11H2,1-3H3. The van der Waals surface area contributed by atoms with Crippen molar-refractivity contribution in [1.29, 1.82) is 0 Å². The van der Waals surface area contributed by atoms with Crippen LogP contribution in [0.2, 0.25) is 0 Å². The van der Waals surface area contributed by atoms with Gasteiger partial charge in [0.05, 0.1) is 0 Å². The molecule has 1 N–H and O–H groups in total. The first-order chi connectivity index (χ1) is 7.80. The zero-order chi connectivity index (χ0) is 11.8. The molecular weight excluding hydrogens is 216 g/mol. The Bertz CT molecular complexity index is 283. The van der Waals surface area contributed by atoms with Crippen molar-refractivity contribution in [3.8, 4) is 0 Å². The van der Waals surface area contributed by atoms with Crippen LogP contribution >= 0.6 is 11.3 Å². The average Bonchev–Trinajstić information content (AvgIpc) is 2.74. The predicted molar refractivity (Wildman–Crippen MR) is 73.2 cm³/mol. The van der Waals surface area contributed by atoms with Crippen molar-refractivity contribution in [3.05, 3.63) is 21.9 Å². The molecule has 0 unspecified atom stereocenters. The summed E-state index contributed by atoms with van der Waals surface area (Å²) in [7, 11) is 2.02. The van der Waals surface area contributed by atoms with Crippen LogP contribution in [-0.4, -0.2) is 31.6 Å². The molecule has 0 radical (unpaired) electrons. The number of aryl methyl sites for hydroxylation is 1. The summed E-state index contributed by atoms with van der Waals surface area (Å²) in [5.74, 6) is 0. The molecule has 0 bridgehead atoms. The monoisotopic (exact) mass is 240 g/mol. The number of thiophene rings is 1. The minimum atomic E-state index is 1.08. The van der Waals surface area contributed by atoms with Gasteiger partial charge in [0.2, 0.25) is 0 Å². The summed E-state index contributed by atoms with van der Waals surface area (Å²) in [6.45, 7) is 9.00. The van der Waals surface area contributed by atoms with E-state index in [1.807, 2.05) is 18.4 Å². The van der Waals surface area contributed by atoms with E-state index in [0.717, 1.165) is 26.1 Å². The molecule has 92 valence electrons. The fourth-order valence-electron chi connectivity index (χ4n) is 1.77. The molecule has 0 aliphatic rings. The second-order valence-corrected chi connectivity index (χ2v) is 5.35. The van der Waals surface area contributed by atoms with Gasteiger partial charge in [-0.05, 0) is 38.6 Å². The van der Waals surface area contributed by atoms with E-state index in [9.17, 15) is 0 Å². The van der Waals surface area contributed by atoms with E-state index < -0.39 is 0 Å². The molecule has 0 amide bonds. The lowest BCUT2D eigenvalue weighted by molar-refractivity contribution is 0.270. The second kappa shape index (κ2) is 7.82. The molecule has 0 aromatic carbocycles. The first-order valence-corrected chi connectivity index (χ1v) is 7.06. The summed E-state index contributed by atoms with van der Waals surface area (Å²) < 4.78 is 0. The number of rotatable bonds is 8. The van der Waals surface area contributed by atoms with Crippen LogP contribution in [0.3, 0.4) is 0 Å². The third-order valence-electron chi connectivity index (χ3n) is 2.66. The van der Waals surface area contributed by atoms with Crippen LogP contribution in [0.25, 0.3) is 0 Å². The maximum Gasteiger partial charge on any atom is 0.0328 e. The number of hydrogen-bond acceptors (Lipinski definition) is 3. The first kappa shape index (κ1) is 13.7. The van der Waals surface area contributed by atoms with E-state index >= 15 is 0 Å². The normalized spacial score (nSPS) is 11.2. The average molecular weight is 240 g/mol. The van der Waals surface area contributed by atoms with Gasteiger partial charge >= 0.3 is 0 Å². The smallest absolute Gasteiger partial charge is 0.0328 e. The summed E-state index contributed by atoms with van der Waals surface area (Å²) in [5, 5.41) is 3.22. The molecule has 3 heteroatoms. The van der Waals surface area contributed by atoms with Gasteiger partial charge in [0, 0.05) is 29.4 Å². The summed E-state index contributed by atoms with van der Waals surface area (Å²) in [4.78, 5) is 5.53. The minimum Gasteiger partial charge on any atom is -0.318 e. The van der Waals surface area contributed by atoms with Gasteiger partial charge in [-0.25, -0.2) is 0 Å². The third kappa shape index (κ3) is 4.64. The molecule has 1 aromatic rings. The molecule has 16 heavy (non-hydrogen) atoms. The quantitative estimate of drug-likeness (QED) is 0.751. The molecule has 1 rings (SSSR count). The van der Waals surface area contributed by atoms with E-state index in [2.05, 4.69) is 36.2 Å². The molecule has 0 saturated heterocycles. The molecule has 1 heterocycles. The summed E-state index contributed by atoms with van der Waals surface area (Å²) in [6, 6.07) is 4.55. The van der Waals surface area contributed by atoms with Crippen molar-refractivity contribution in [1.82, 2.24) is 10.2 Å². The molecule has 0 fully saturated rings. The Morgan fingerprint density at radius 1 is 1.19 bits per heavy atom.